The summed E-state index contributed by atoms with van der Waals surface area (Å²) >= 11 is 0. The highest BCUT2D eigenvalue weighted by Crippen LogP contribution is 2.20. The molecule has 2 aromatic heterocycles. The van der Waals surface area contributed by atoms with Gasteiger partial charge in [-0.25, -0.2) is 9.37 Å². The maximum absolute atomic E-state index is 13.1. The number of aryl methyl sites for hydroxylation is 1. The Balaban J connectivity index is 1.74. The number of nitrogens with one attached hydrogen (secondary N) is 2. The Labute approximate surface area is 162 Å². The molecule has 0 aliphatic heterocycles. The molecule has 7 nitrogen and oxygen atoms in total. The van der Waals surface area contributed by atoms with Crippen molar-refractivity contribution in [2.45, 2.75) is 33.7 Å². The van der Waals surface area contributed by atoms with Crippen LogP contribution in [0.1, 0.15) is 52.1 Å². The normalized spacial score (nSPS) is 10.9. The lowest BCUT2D eigenvalue weighted by molar-refractivity contribution is 0.0842. The van der Waals surface area contributed by atoms with Crippen molar-refractivity contribution in [1.82, 2.24) is 25.0 Å². The lowest BCUT2D eigenvalue weighted by Gasteiger charge is -2.14. The Bertz CT molecular complexity index is 1020. The molecule has 0 aliphatic rings. The molecule has 2 amide bonds. The van der Waals surface area contributed by atoms with Gasteiger partial charge in [0.2, 0.25) is 0 Å². The number of rotatable bonds is 4. The van der Waals surface area contributed by atoms with Crippen LogP contribution in [0, 0.1) is 19.7 Å². The van der Waals surface area contributed by atoms with Crippen molar-refractivity contribution in [3.8, 4) is 5.69 Å². The van der Waals surface area contributed by atoms with Crippen LogP contribution in [0.4, 0.5) is 4.39 Å². The molecular formula is C20H22FN5O2. The van der Waals surface area contributed by atoms with E-state index in [2.05, 4.69) is 20.4 Å². The zero-order valence-corrected chi connectivity index (χ0v) is 16.2. The highest BCUT2D eigenvalue weighted by atomic mass is 19.1. The summed E-state index contributed by atoms with van der Waals surface area (Å²) in [5.74, 6) is -1.31. The molecule has 3 aromatic rings. The summed E-state index contributed by atoms with van der Waals surface area (Å²) in [5.41, 5.74) is 7.94. The van der Waals surface area contributed by atoms with Crippen molar-refractivity contribution in [2.24, 2.45) is 0 Å². The third kappa shape index (κ3) is 3.66. The summed E-state index contributed by atoms with van der Waals surface area (Å²) in [4.78, 5) is 29.0. The molecule has 1 aromatic carbocycles. The number of nitrogens with zero attached hydrogens (tertiary/aromatic N) is 3. The predicted molar refractivity (Wildman–Crippen MR) is 103 cm³/mol. The summed E-state index contributed by atoms with van der Waals surface area (Å²) in [6, 6.07) is 7.67. The third-order valence-corrected chi connectivity index (χ3v) is 4.51. The van der Waals surface area contributed by atoms with E-state index in [0.29, 0.717) is 11.3 Å². The molecule has 146 valence electrons. The molecule has 8 heteroatoms. The molecule has 0 saturated carbocycles. The van der Waals surface area contributed by atoms with E-state index in [9.17, 15) is 14.0 Å². The average Bonchev–Trinajstić information content (AvgIpc) is 3.24. The first-order valence-electron chi connectivity index (χ1n) is 8.87. The van der Waals surface area contributed by atoms with Gasteiger partial charge in [-0.3, -0.25) is 25.0 Å². The number of benzene rings is 1. The minimum absolute atomic E-state index is 0.208. The van der Waals surface area contributed by atoms with E-state index in [0.717, 1.165) is 11.4 Å². The minimum atomic E-state index is -0.534. The van der Waals surface area contributed by atoms with E-state index < -0.39 is 11.8 Å². The molecule has 28 heavy (non-hydrogen) atoms. The SMILES string of the molecule is Cc1cc(C(=O)NNC(=O)c2cncn2-c2ccc(F)cc2)c(C)n1C(C)C. The summed E-state index contributed by atoms with van der Waals surface area (Å²) in [5, 5.41) is 0. The second-order valence-corrected chi connectivity index (χ2v) is 6.78. The van der Waals surface area contributed by atoms with E-state index >= 15 is 0 Å². The van der Waals surface area contributed by atoms with Gasteiger partial charge < -0.3 is 4.57 Å². The standard InChI is InChI=1S/C20H22FN5O2/c1-12(2)26-13(3)9-17(14(26)4)19(27)23-24-20(28)18-10-22-11-25(18)16-7-5-15(21)6-8-16/h5-12H,1-4H3,(H,23,27)(H,24,28). The van der Waals surface area contributed by atoms with E-state index in [1.165, 1.54) is 41.4 Å². The first kappa shape index (κ1) is 19.3. The molecule has 0 radical (unpaired) electrons. The Hall–Kier alpha value is -3.42. The summed E-state index contributed by atoms with van der Waals surface area (Å²) in [6.07, 6.45) is 2.82. The van der Waals surface area contributed by atoms with Crippen molar-refractivity contribution in [1.29, 1.82) is 0 Å². The van der Waals surface area contributed by atoms with Crippen LogP contribution in [-0.2, 0) is 0 Å². The molecule has 0 unspecified atom stereocenters. The molecule has 2 N–H and O–H groups in total. The topological polar surface area (TPSA) is 81.0 Å². The fourth-order valence-electron chi connectivity index (χ4n) is 3.32. The van der Waals surface area contributed by atoms with Crippen LogP contribution in [0.5, 0.6) is 0 Å². The van der Waals surface area contributed by atoms with E-state index in [4.69, 9.17) is 0 Å². The highest BCUT2D eigenvalue weighted by molar-refractivity contribution is 5.99. The average molecular weight is 383 g/mol. The van der Waals surface area contributed by atoms with Gasteiger partial charge in [0.05, 0.1) is 18.1 Å². The second kappa shape index (κ2) is 7.67. The highest BCUT2D eigenvalue weighted by Gasteiger charge is 2.19. The van der Waals surface area contributed by atoms with Gasteiger partial charge in [0.1, 0.15) is 11.5 Å². The van der Waals surface area contributed by atoms with Crippen LogP contribution in [0.2, 0.25) is 0 Å². The number of halogens is 1. The lowest BCUT2D eigenvalue weighted by Crippen LogP contribution is -2.42. The molecule has 0 atom stereocenters. The smallest absolute Gasteiger partial charge is 0.288 e. The lowest BCUT2D eigenvalue weighted by atomic mass is 10.2. The quantitative estimate of drug-likeness (QED) is 0.680. The molecule has 0 saturated heterocycles. The largest absolute Gasteiger partial charge is 0.346 e. The number of hydrazine groups is 1. The number of carbonyl (C=O) groups is 2. The van der Waals surface area contributed by atoms with Gasteiger partial charge in [-0.15, -0.1) is 0 Å². The van der Waals surface area contributed by atoms with Crippen molar-refractivity contribution >= 4 is 11.8 Å². The maximum atomic E-state index is 13.1. The van der Waals surface area contributed by atoms with Crippen molar-refractivity contribution in [3.05, 3.63) is 71.3 Å². The third-order valence-electron chi connectivity index (χ3n) is 4.51. The fraction of sp³-hybridized carbons (Fsp3) is 0.250. The summed E-state index contributed by atoms with van der Waals surface area (Å²) in [7, 11) is 0. The summed E-state index contributed by atoms with van der Waals surface area (Å²) < 4.78 is 16.7. The Kier molecular flexibility index (Phi) is 5.30. The van der Waals surface area contributed by atoms with Crippen molar-refractivity contribution in [3.63, 3.8) is 0 Å². The molecule has 2 heterocycles. The summed E-state index contributed by atoms with van der Waals surface area (Å²) in [6.45, 7) is 7.89. The molecule has 0 spiro atoms. The van der Waals surface area contributed by atoms with Gasteiger partial charge in [-0.1, -0.05) is 0 Å². The molecule has 0 fully saturated rings. The number of aromatic nitrogens is 3. The number of amides is 2. The first-order chi connectivity index (χ1) is 13.3. The van der Waals surface area contributed by atoms with Gasteiger partial charge >= 0.3 is 0 Å². The van der Waals surface area contributed by atoms with E-state index in [1.807, 2.05) is 27.7 Å². The Morgan fingerprint density at radius 3 is 2.32 bits per heavy atom. The predicted octanol–water partition coefficient (Wildman–Crippen LogP) is 3.09. The van der Waals surface area contributed by atoms with Gasteiger partial charge in [0, 0.05) is 23.1 Å². The van der Waals surface area contributed by atoms with Gasteiger partial charge in [-0.2, -0.15) is 0 Å². The number of imidazole rings is 1. The second-order valence-electron chi connectivity index (χ2n) is 6.78. The minimum Gasteiger partial charge on any atom is -0.346 e. The van der Waals surface area contributed by atoms with E-state index in [1.54, 1.807) is 6.07 Å². The van der Waals surface area contributed by atoms with Crippen LogP contribution in [-0.4, -0.2) is 25.9 Å². The fourth-order valence-corrected chi connectivity index (χ4v) is 3.32. The zero-order valence-electron chi connectivity index (χ0n) is 16.2. The Morgan fingerprint density at radius 1 is 1.07 bits per heavy atom. The molecular weight excluding hydrogens is 361 g/mol. The van der Waals surface area contributed by atoms with Gasteiger partial charge in [0.15, 0.2) is 0 Å². The van der Waals surface area contributed by atoms with Crippen molar-refractivity contribution < 1.29 is 14.0 Å². The molecule has 0 aliphatic carbocycles. The Morgan fingerprint density at radius 2 is 1.71 bits per heavy atom. The molecule has 0 bridgehead atoms. The van der Waals surface area contributed by atoms with Crippen LogP contribution < -0.4 is 10.9 Å². The number of hydrogen-bond acceptors (Lipinski definition) is 3. The number of carbonyl (C=O) groups excluding carboxylic acids is 2. The van der Waals surface area contributed by atoms with Crippen LogP contribution in [0.15, 0.2) is 42.9 Å². The van der Waals surface area contributed by atoms with Crippen LogP contribution >= 0.6 is 0 Å². The number of hydrogen-bond donors (Lipinski definition) is 2. The van der Waals surface area contributed by atoms with E-state index in [-0.39, 0.29) is 17.6 Å². The van der Waals surface area contributed by atoms with Crippen molar-refractivity contribution in [2.75, 3.05) is 0 Å². The van der Waals surface area contributed by atoms with Crippen LogP contribution in [0.3, 0.4) is 0 Å². The monoisotopic (exact) mass is 383 g/mol. The van der Waals surface area contributed by atoms with Gasteiger partial charge in [-0.05, 0) is 58.0 Å². The molecule has 3 rings (SSSR count). The van der Waals surface area contributed by atoms with Gasteiger partial charge in [0.25, 0.3) is 11.8 Å². The zero-order chi connectivity index (χ0) is 20.4. The maximum Gasteiger partial charge on any atom is 0.288 e. The first-order valence-corrected chi connectivity index (χ1v) is 8.87. The van der Waals surface area contributed by atoms with Crippen LogP contribution in [0.25, 0.3) is 5.69 Å².